The normalized spacial score (nSPS) is 12.4. The van der Waals surface area contributed by atoms with E-state index in [0.29, 0.717) is 22.8 Å². The van der Waals surface area contributed by atoms with Gasteiger partial charge in [-0.1, -0.05) is 79.2 Å². The van der Waals surface area contributed by atoms with Gasteiger partial charge in [0.15, 0.2) is 0 Å². The number of hydrogen-bond donors (Lipinski definition) is 1. The summed E-state index contributed by atoms with van der Waals surface area (Å²) in [6, 6.07) is 27.8. The number of carbonyl (C=O) groups is 2. The van der Waals surface area contributed by atoms with Crippen LogP contribution in [0.15, 0.2) is 108 Å². The van der Waals surface area contributed by atoms with Crippen LogP contribution >= 0.6 is 11.6 Å². The van der Waals surface area contributed by atoms with Gasteiger partial charge in [0.05, 0.1) is 24.8 Å². The van der Waals surface area contributed by atoms with E-state index >= 15 is 0 Å². The number of sulfonamides is 1. The van der Waals surface area contributed by atoms with Crippen LogP contribution < -0.4 is 19.1 Å². The van der Waals surface area contributed by atoms with Crippen molar-refractivity contribution < 1.29 is 27.5 Å². The molecular weight excluding hydrogens is 638 g/mol. The number of nitrogens with one attached hydrogen (secondary N) is 1. The van der Waals surface area contributed by atoms with Gasteiger partial charge in [-0.3, -0.25) is 13.9 Å². The summed E-state index contributed by atoms with van der Waals surface area (Å²) < 4.78 is 40.6. The summed E-state index contributed by atoms with van der Waals surface area (Å²) in [4.78, 5) is 30.1. The smallest absolute Gasteiger partial charge is 0.264 e. The van der Waals surface area contributed by atoms with Crippen molar-refractivity contribution in [2.75, 3.05) is 25.1 Å². The molecule has 0 aliphatic heterocycles. The Labute approximate surface area is 282 Å². The van der Waals surface area contributed by atoms with Crippen LogP contribution in [0.2, 0.25) is 5.02 Å². The summed E-state index contributed by atoms with van der Waals surface area (Å²) in [5, 5.41) is 3.55. The molecule has 0 spiro atoms. The number of methoxy groups -OCH3 is 2. The molecule has 248 valence electrons. The fourth-order valence-electron chi connectivity index (χ4n) is 5.01. The van der Waals surface area contributed by atoms with Gasteiger partial charge in [0.1, 0.15) is 24.1 Å². The molecule has 0 radical (unpaired) electrons. The number of anilines is 1. The average Bonchev–Trinajstić information content (AvgIpc) is 3.09. The highest BCUT2D eigenvalue weighted by molar-refractivity contribution is 7.92. The number of benzene rings is 4. The monoisotopic (exact) mass is 677 g/mol. The first-order valence-electron chi connectivity index (χ1n) is 15.2. The van der Waals surface area contributed by atoms with Gasteiger partial charge in [0.2, 0.25) is 11.8 Å². The second-order valence-corrected chi connectivity index (χ2v) is 13.3. The molecule has 0 aromatic heterocycles. The molecule has 0 fully saturated rings. The minimum atomic E-state index is -4.31. The minimum Gasteiger partial charge on any atom is -0.497 e. The zero-order chi connectivity index (χ0) is 34.0. The van der Waals surface area contributed by atoms with Gasteiger partial charge < -0.3 is 19.7 Å². The van der Waals surface area contributed by atoms with Crippen LogP contribution in [0.1, 0.15) is 31.4 Å². The Morgan fingerprint density at radius 2 is 1.49 bits per heavy atom. The van der Waals surface area contributed by atoms with Crippen LogP contribution in [-0.2, 0) is 32.6 Å². The lowest BCUT2D eigenvalue weighted by molar-refractivity contribution is -0.140. The van der Waals surface area contributed by atoms with Crippen LogP contribution in [0.4, 0.5) is 5.69 Å². The maximum atomic E-state index is 14.7. The van der Waals surface area contributed by atoms with Crippen LogP contribution in [0.5, 0.6) is 11.5 Å². The SMILES string of the molecule is CC[C@H](C)NC(=O)[C@@H](Cc1ccccc1)N(Cc1ccc(Cl)cc1)C(=O)CN(c1cc(OC)ccc1OC)S(=O)(=O)c1ccccc1. The van der Waals surface area contributed by atoms with Gasteiger partial charge in [0.25, 0.3) is 10.0 Å². The number of hydrogen-bond acceptors (Lipinski definition) is 6. The van der Waals surface area contributed by atoms with Crippen molar-refractivity contribution >= 4 is 39.1 Å². The molecule has 0 aliphatic rings. The topological polar surface area (TPSA) is 105 Å². The zero-order valence-electron chi connectivity index (χ0n) is 26.9. The molecule has 0 aliphatic carbocycles. The fraction of sp³-hybridized carbons (Fsp3) is 0.278. The average molecular weight is 678 g/mol. The number of ether oxygens (including phenoxy) is 2. The van der Waals surface area contributed by atoms with Gasteiger partial charge in [-0.15, -0.1) is 0 Å². The van der Waals surface area contributed by atoms with Crippen molar-refractivity contribution in [1.29, 1.82) is 0 Å². The van der Waals surface area contributed by atoms with Crippen LogP contribution in [0.3, 0.4) is 0 Å². The molecule has 0 heterocycles. The number of nitrogens with zero attached hydrogens (tertiary/aromatic N) is 2. The highest BCUT2D eigenvalue weighted by atomic mass is 35.5. The van der Waals surface area contributed by atoms with E-state index in [2.05, 4.69) is 5.32 Å². The summed E-state index contributed by atoms with van der Waals surface area (Å²) in [6.45, 7) is 3.25. The molecule has 4 aromatic rings. The molecule has 2 amide bonds. The molecule has 0 unspecified atom stereocenters. The zero-order valence-corrected chi connectivity index (χ0v) is 28.5. The van der Waals surface area contributed by atoms with E-state index in [-0.39, 0.29) is 41.2 Å². The lowest BCUT2D eigenvalue weighted by Gasteiger charge is -2.34. The third kappa shape index (κ3) is 9.05. The molecule has 1 N–H and O–H groups in total. The van der Waals surface area contributed by atoms with Crippen molar-refractivity contribution in [2.45, 2.75) is 50.2 Å². The summed E-state index contributed by atoms with van der Waals surface area (Å²) in [5.41, 5.74) is 1.67. The lowest BCUT2D eigenvalue weighted by atomic mass is 10.0. The van der Waals surface area contributed by atoms with E-state index in [0.717, 1.165) is 9.87 Å². The Balaban J connectivity index is 1.86. The first-order valence-corrected chi connectivity index (χ1v) is 17.1. The van der Waals surface area contributed by atoms with Crippen LogP contribution in [0, 0.1) is 0 Å². The molecule has 0 bridgehead atoms. The molecule has 4 rings (SSSR count). The minimum absolute atomic E-state index is 0.0164. The standard InChI is InChI=1S/C36H40ClN3O6S/c1-5-26(2)38-36(42)33(22-27-12-8-6-9-13-27)39(24-28-16-18-29(37)19-17-28)35(41)25-40(47(43,44)31-14-10-7-11-15-31)32-23-30(45-3)20-21-34(32)46-4/h6-21,23,26,33H,5,22,24-25H2,1-4H3,(H,38,42)/t26-,33+/m0/s1. The van der Waals surface area contributed by atoms with Gasteiger partial charge in [-0.25, -0.2) is 8.42 Å². The molecule has 4 aromatic carbocycles. The molecule has 2 atom stereocenters. The van der Waals surface area contributed by atoms with Gasteiger partial charge >= 0.3 is 0 Å². The number of carbonyl (C=O) groups excluding carboxylic acids is 2. The molecule has 0 saturated carbocycles. The predicted molar refractivity (Wildman–Crippen MR) is 184 cm³/mol. The Bertz CT molecular complexity index is 1740. The largest absolute Gasteiger partial charge is 0.497 e. The first-order chi connectivity index (χ1) is 22.6. The number of halogens is 1. The summed E-state index contributed by atoms with van der Waals surface area (Å²) >= 11 is 6.16. The predicted octanol–water partition coefficient (Wildman–Crippen LogP) is 6.11. The van der Waals surface area contributed by atoms with E-state index in [1.54, 1.807) is 54.6 Å². The third-order valence-corrected chi connectivity index (χ3v) is 9.83. The maximum absolute atomic E-state index is 14.7. The summed E-state index contributed by atoms with van der Waals surface area (Å²) in [5.74, 6) is -0.348. The van der Waals surface area contributed by atoms with E-state index in [9.17, 15) is 18.0 Å². The highest BCUT2D eigenvalue weighted by Gasteiger charge is 2.36. The maximum Gasteiger partial charge on any atom is 0.264 e. The van der Waals surface area contributed by atoms with Crippen molar-refractivity contribution in [3.63, 3.8) is 0 Å². The lowest BCUT2D eigenvalue weighted by Crippen LogP contribution is -2.54. The Morgan fingerprint density at radius 1 is 0.851 bits per heavy atom. The Kier molecular flexibility index (Phi) is 12.3. The van der Waals surface area contributed by atoms with Crippen molar-refractivity contribution in [1.82, 2.24) is 10.2 Å². The fourth-order valence-corrected chi connectivity index (χ4v) is 6.57. The van der Waals surface area contributed by atoms with Gasteiger partial charge in [-0.2, -0.15) is 0 Å². The van der Waals surface area contributed by atoms with Gasteiger partial charge in [0, 0.05) is 30.1 Å². The third-order valence-electron chi connectivity index (χ3n) is 7.80. The second kappa shape index (κ2) is 16.3. The van der Waals surface area contributed by atoms with Crippen molar-refractivity contribution in [3.8, 4) is 11.5 Å². The van der Waals surface area contributed by atoms with Crippen molar-refractivity contribution in [2.24, 2.45) is 0 Å². The molecule has 0 saturated heterocycles. The van der Waals surface area contributed by atoms with E-state index in [1.165, 1.54) is 37.3 Å². The molecule has 11 heteroatoms. The number of amides is 2. The van der Waals surface area contributed by atoms with Crippen molar-refractivity contribution in [3.05, 3.63) is 119 Å². The summed E-state index contributed by atoms with van der Waals surface area (Å²) in [6.07, 6.45) is 0.893. The molecule has 47 heavy (non-hydrogen) atoms. The number of rotatable bonds is 15. The highest BCUT2D eigenvalue weighted by Crippen LogP contribution is 2.36. The Morgan fingerprint density at radius 3 is 2.09 bits per heavy atom. The second-order valence-electron chi connectivity index (χ2n) is 11.0. The molecular formula is C36H40ClN3O6S. The first kappa shape index (κ1) is 35.3. The molecule has 9 nitrogen and oxygen atoms in total. The van der Waals surface area contributed by atoms with E-state index in [4.69, 9.17) is 21.1 Å². The van der Waals surface area contributed by atoms with E-state index < -0.39 is 28.5 Å². The van der Waals surface area contributed by atoms with Crippen LogP contribution in [-0.4, -0.2) is 58.0 Å². The quantitative estimate of drug-likeness (QED) is 0.163. The van der Waals surface area contributed by atoms with Crippen LogP contribution in [0.25, 0.3) is 0 Å². The van der Waals surface area contributed by atoms with E-state index in [1.807, 2.05) is 44.2 Å². The summed E-state index contributed by atoms with van der Waals surface area (Å²) in [7, 11) is -1.43. The van der Waals surface area contributed by atoms with Gasteiger partial charge in [-0.05, 0) is 60.9 Å². The Hall–Kier alpha value is -4.54.